The van der Waals surface area contributed by atoms with E-state index in [2.05, 4.69) is 27.4 Å². The molecule has 30 heavy (non-hydrogen) atoms. The van der Waals surface area contributed by atoms with Crippen LogP contribution in [0.3, 0.4) is 0 Å². The van der Waals surface area contributed by atoms with Gasteiger partial charge in [-0.05, 0) is 42.8 Å². The Hall–Kier alpha value is -3.26. The van der Waals surface area contributed by atoms with Crippen LogP contribution in [0.4, 0.5) is 5.69 Å². The number of carbonyl (C=O) groups excluding carboxylic acids is 1. The average Bonchev–Trinajstić information content (AvgIpc) is 3.46. The molecule has 0 saturated carbocycles. The van der Waals surface area contributed by atoms with Crippen LogP contribution < -0.4 is 4.90 Å². The quantitative estimate of drug-likeness (QED) is 0.481. The number of aromatic nitrogens is 5. The van der Waals surface area contributed by atoms with Crippen molar-refractivity contribution in [2.45, 2.75) is 32.2 Å². The number of rotatable bonds is 5. The van der Waals surface area contributed by atoms with Crippen molar-refractivity contribution in [1.82, 2.24) is 25.1 Å². The zero-order valence-corrected chi connectivity index (χ0v) is 17.1. The fourth-order valence-corrected chi connectivity index (χ4v) is 3.96. The minimum absolute atomic E-state index is 0.0102. The van der Waals surface area contributed by atoms with Gasteiger partial charge in [-0.3, -0.25) is 4.79 Å². The highest BCUT2D eigenvalue weighted by Crippen LogP contribution is 2.33. The molecule has 0 aliphatic carbocycles. The maximum Gasteiger partial charge on any atom is 0.232 e. The van der Waals surface area contributed by atoms with Crippen LogP contribution in [0.2, 0.25) is 5.02 Å². The number of halogens is 1. The number of fused-ring (bicyclic) bond motifs is 1. The Balaban J connectivity index is 1.38. The molecule has 1 saturated heterocycles. The highest BCUT2D eigenvalue weighted by molar-refractivity contribution is 6.30. The van der Waals surface area contributed by atoms with Gasteiger partial charge < -0.3 is 9.42 Å². The van der Waals surface area contributed by atoms with Crippen LogP contribution in [0.5, 0.6) is 0 Å². The molecule has 1 atom stereocenters. The van der Waals surface area contributed by atoms with Gasteiger partial charge in [0.25, 0.3) is 0 Å². The van der Waals surface area contributed by atoms with Crippen LogP contribution in [0.15, 0.2) is 47.0 Å². The van der Waals surface area contributed by atoms with Crippen LogP contribution in [-0.4, -0.2) is 37.6 Å². The lowest BCUT2D eigenvalue weighted by molar-refractivity contribution is -0.117. The molecule has 0 bridgehead atoms. The van der Waals surface area contributed by atoms with Crippen molar-refractivity contribution in [2.24, 2.45) is 0 Å². The van der Waals surface area contributed by atoms with Gasteiger partial charge in [0.15, 0.2) is 0 Å². The summed E-state index contributed by atoms with van der Waals surface area (Å²) in [6.45, 7) is 3.40. The van der Waals surface area contributed by atoms with Crippen molar-refractivity contribution in [3.8, 4) is 11.4 Å². The smallest absolute Gasteiger partial charge is 0.232 e. The predicted octanol–water partition coefficient (Wildman–Crippen LogP) is 4.07. The second kappa shape index (κ2) is 7.53. The van der Waals surface area contributed by atoms with Crippen LogP contribution in [0.1, 0.15) is 31.6 Å². The first-order valence-corrected chi connectivity index (χ1v) is 10.2. The summed E-state index contributed by atoms with van der Waals surface area (Å²) in [7, 11) is 0. The van der Waals surface area contributed by atoms with E-state index in [4.69, 9.17) is 16.1 Å². The van der Waals surface area contributed by atoms with Gasteiger partial charge in [-0.2, -0.15) is 4.98 Å². The van der Waals surface area contributed by atoms with Gasteiger partial charge in [-0.15, -0.1) is 5.10 Å². The molecule has 5 rings (SSSR count). The third-order valence-corrected chi connectivity index (χ3v) is 5.48. The Morgan fingerprint density at radius 1 is 1.23 bits per heavy atom. The van der Waals surface area contributed by atoms with Gasteiger partial charge in [0, 0.05) is 35.8 Å². The zero-order valence-electron chi connectivity index (χ0n) is 16.3. The average molecular weight is 423 g/mol. The van der Waals surface area contributed by atoms with Crippen LogP contribution >= 0.6 is 11.6 Å². The molecule has 8 nitrogen and oxygen atoms in total. The molecule has 152 valence electrons. The largest absolute Gasteiger partial charge is 0.339 e. The SMILES string of the molecule is CCCn1nnc2cc(-c3noc([C@H]4CC(=O)N(c5cccc(Cl)c5)C4)n3)ccc21. The van der Waals surface area contributed by atoms with E-state index in [-0.39, 0.29) is 11.8 Å². The number of anilines is 1. The third-order valence-electron chi connectivity index (χ3n) is 5.24. The van der Waals surface area contributed by atoms with Gasteiger partial charge in [0.1, 0.15) is 5.52 Å². The predicted molar refractivity (Wildman–Crippen MR) is 112 cm³/mol. The van der Waals surface area contributed by atoms with Gasteiger partial charge >= 0.3 is 0 Å². The van der Waals surface area contributed by atoms with Crippen LogP contribution in [-0.2, 0) is 11.3 Å². The first-order valence-electron chi connectivity index (χ1n) is 9.85. The minimum atomic E-state index is -0.160. The molecule has 1 aliphatic rings. The normalized spacial score (nSPS) is 16.7. The summed E-state index contributed by atoms with van der Waals surface area (Å²) in [5.74, 6) is 0.783. The minimum Gasteiger partial charge on any atom is -0.339 e. The summed E-state index contributed by atoms with van der Waals surface area (Å²) >= 11 is 6.07. The van der Waals surface area contributed by atoms with Gasteiger partial charge in [-0.1, -0.05) is 35.0 Å². The summed E-state index contributed by atoms with van der Waals surface area (Å²) in [6.07, 6.45) is 1.30. The number of benzene rings is 2. The Labute approximate surface area is 177 Å². The van der Waals surface area contributed by atoms with E-state index in [1.165, 1.54) is 0 Å². The maximum absolute atomic E-state index is 12.5. The summed E-state index contributed by atoms with van der Waals surface area (Å²) in [5, 5.41) is 13.1. The summed E-state index contributed by atoms with van der Waals surface area (Å²) in [6, 6.07) is 13.1. The molecule has 0 unspecified atom stereocenters. The lowest BCUT2D eigenvalue weighted by atomic mass is 10.1. The molecule has 1 amide bonds. The van der Waals surface area contributed by atoms with Crippen molar-refractivity contribution >= 4 is 34.2 Å². The topological polar surface area (TPSA) is 89.9 Å². The van der Waals surface area contributed by atoms with E-state index in [1.54, 1.807) is 17.0 Å². The zero-order chi connectivity index (χ0) is 20.7. The van der Waals surface area contributed by atoms with Crippen molar-refractivity contribution < 1.29 is 9.32 Å². The molecule has 4 aromatic rings. The maximum atomic E-state index is 12.5. The first-order chi connectivity index (χ1) is 14.6. The lowest BCUT2D eigenvalue weighted by Gasteiger charge is -2.16. The summed E-state index contributed by atoms with van der Waals surface area (Å²) in [5.41, 5.74) is 3.34. The van der Waals surface area contributed by atoms with E-state index >= 15 is 0 Å². The van der Waals surface area contributed by atoms with Crippen molar-refractivity contribution in [3.63, 3.8) is 0 Å². The van der Waals surface area contributed by atoms with Gasteiger partial charge in [0.05, 0.1) is 11.4 Å². The number of amides is 1. The van der Waals surface area contributed by atoms with Crippen LogP contribution in [0.25, 0.3) is 22.4 Å². The number of hydrogen-bond donors (Lipinski definition) is 0. The molecule has 0 radical (unpaired) electrons. The molecule has 2 aromatic heterocycles. The molecule has 9 heteroatoms. The molecule has 0 spiro atoms. The molecular weight excluding hydrogens is 404 g/mol. The van der Waals surface area contributed by atoms with E-state index < -0.39 is 0 Å². The standard InChI is InChI=1S/C21H19ClN6O2/c1-2-8-28-18-7-6-13(9-17(18)24-26-28)20-23-21(30-25-20)14-10-19(29)27(12-14)16-5-3-4-15(22)11-16/h3-7,9,11,14H,2,8,10,12H2,1H3/t14-/m0/s1. The Kier molecular flexibility index (Phi) is 4.71. The fourth-order valence-electron chi connectivity index (χ4n) is 3.77. The summed E-state index contributed by atoms with van der Waals surface area (Å²) < 4.78 is 7.39. The monoisotopic (exact) mass is 422 g/mol. The van der Waals surface area contributed by atoms with E-state index in [0.29, 0.717) is 29.7 Å². The van der Waals surface area contributed by atoms with E-state index in [9.17, 15) is 4.79 Å². The molecule has 1 aliphatic heterocycles. The van der Waals surface area contributed by atoms with Crippen molar-refractivity contribution in [2.75, 3.05) is 11.4 Å². The molecular formula is C21H19ClN6O2. The first kappa shape index (κ1) is 18.7. The van der Waals surface area contributed by atoms with E-state index in [0.717, 1.165) is 35.2 Å². The summed E-state index contributed by atoms with van der Waals surface area (Å²) in [4.78, 5) is 18.8. The second-order valence-electron chi connectivity index (χ2n) is 7.36. The number of aryl methyl sites for hydroxylation is 1. The highest BCUT2D eigenvalue weighted by Gasteiger charge is 2.35. The number of hydrogen-bond acceptors (Lipinski definition) is 6. The van der Waals surface area contributed by atoms with Gasteiger partial charge in [0.2, 0.25) is 17.6 Å². The number of carbonyl (C=O) groups is 1. The van der Waals surface area contributed by atoms with Gasteiger partial charge in [-0.25, -0.2) is 4.68 Å². The molecule has 3 heterocycles. The molecule has 2 aromatic carbocycles. The number of nitrogens with zero attached hydrogens (tertiary/aromatic N) is 6. The third kappa shape index (κ3) is 3.33. The Morgan fingerprint density at radius 2 is 2.13 bits per heavy atom. The second-order valence-corrected chi connectivity index (χ2v) is 7.79. The fraction of sp³-hybridized carbons (Fsp3) is 0.286. The van der Waals surface area contributed by atoms with Crippen molar-refractivity contribution in [3.05, 3.63) is 53.4 Å². The van der Waals surface area contributed by atoms with Crippen LogP contribution in [0, 0.1) is 0 Å². The highest BCUT2D eigenvalue weighted by atomic mass is 35.5. The Morgan fingerprint density at radius 3 is 2.97 bits per heavy atom. The lowest BCUT2D eigenvalue weighted by Crippen LogP contribution is -2.24. The van der Waals surface area contributed by atoms with Crippen molar-refractivity contribution in [1.29, 1.82) is 0 Å². The molecule has 0 N–H and O–H groups in total. The van der Waals surface area contributed by atoms with E-state index in [1.807, 2.05) is 35.0 Å². The Bertz CT molecular complexity index is 1230. The molecule has 1 fully saturated rings.